The van der Waals surface area contributed by atoms with Crippen LogP contribution < -0.4 is 5.32 Å². The number of carbonyl (C=O) groups is 1. The Bertz CT molecular complexity index is 1190. The first kappa shape index (κ1) is 22.6. The molecule has 0 saturated heterocycles. The molecule has 0 saturated carbocycles. The van der Waals surface area contributed by atoms with Gasteiger partial charge in [-0.1, -0.05) is 48.5 Å². The monoisotopic (exact) mass is 438 g/mol. The number of pyridine rings is 2. The van der Waals surface area contributed by atoms with Gasteiger partial charge in [-0.2, -0.15) is 0 Å². The number of hydrogen-bond acceptors (Lipinski definition) is 4. The van der Waals surface area contributed by atoms with E-state index in [0.29, 0.717) is 18.2 Å². The number of nitrogens with one attached hydrogen (secondary N) is 1. The molecule has 4 aromatic rings. The molecule has 1 amide bonds. The SMILES string of the molecule is CC(C)N(CCCNC(=O)c1cc(-c2cccnc2)nc2ccccc12)Cc1ccccc1. The van der Waals surface area contributed by atoms with Gasteiger partial charge in [-0.05, 0) is 50.1 Å². The zero-order valence-electron chi connectivity index (χ0n) is 19.2. The van der Waals surface area contributed by atoms with Gasteiger partial charge < -0.3 is 5.32 Å². The van der Waals surface area contributed by atoms with Gasteiger partial charge in [-0.25, -0.2) is 4.98 Å². The Hall–Kier alpha value is -3.57. The van der Waals surface area contributed by atoms with E-state index in [1.165, 1.54) is 5.56 Å². The van der Waals surface area contributed by atoms with Crippen molar-refractivity contribution in [1.82, 2.24) is 20.2 Å². The van der Waals surface area contributed by atoms with Gasteiger partial charge in [0.15, 0.2) is 0 Å². The van der Waals surface area contributed by atoms with Gasteiger partial charge in [0.05, 0.1) is 16.8 Å². The third kappa shape index (κ3) is 5.82. The highest BCUT2D eigenvalue weighted by Gasteiger charge is 2.15. The van der Waals surface area contributed by atoms with Crippen molar-refractivity contribution in [2.45, 2.75) is 32.9 Å². The normalized spacial score (nSPS) is 11.3. The molecule has 2 aromatic carbocycles. The lowest BCUT2D eigenvalue weighted by Gasteiger charge is -2.26. The van der Waals surface area contributed by atoms with Crippen LogP contribution in [-0.2, 0) is 6.54 Å². The molecule has 2 aromatic heterocycles. The Labute approximate surface area is 195 Å². The summed E-state index contributed by atoms with van der Waals surface area (Å²) in [5, 5.41) is 3.98. The van der Waals surface area contributed by atoms with Crippen LogP contribution in [0.1, 0.15) is 36.2 Å². The quantitative estimate of drug-likeness (QED) is 0.359. The van der Waals surface area contributed by atoms with Crippen LogP contribution in [0.5, 0.6) is 0 Å². The smallest absolute Gasteiger partial charge is 0.252 e. The summed E-state index contributed by atoms with van der Waals surface area (Å²) in [5.41, 5.74) is 4.40. The summed E-state index contributed by atoms with van der Waals surface area (Å²) in [7, 11) is 0. The summed E-state index contributed by atoms with van der Waals surface area (Å²) < 4.78 is 0. The summed E-state index contributed by atoms with van der Waals surface area (Å²) in [6.45, 7) is 6.88. The topological polar surface area (TPSA) is 58.1 Å². The summed E-state index contributed by atoms with van der Waals surface area (Å²) in [6.07, 6.45) is 4.39. The lowest BCUT2D eigenvalue weighted by atomic mass is 10.0. The molecule has 0 aliphatic rings. The molecule has 0 unspecified atom stereocenters. The minimum absolute atomic E-state index is 0.0714. The van der Waals surface area contributed by atoms with E-state index in [1.807, 2.05) is 48.5 Å². The number of aromatic nitrogens is 2. The maximum absolute atomic E-state index is 13.1. The van der Waals surface area contributed by atoms with Crippen molar-refractivity contribution >= 4 is 16.8 Å². The summed E-state index contributed by atoms with van der Waals surface area (Å²) in [6, 6.07) is 24.4. The molecule has 1 N–H and O–H groups in total. The number of hydrogen-bond donors (Lipinski definition) is 1. The van der Waals surface area contributed by atoms with Crippen molar-refractivity contribution in [2.24, 2.45) is 0 Å². The van der Waals surface area contributed by atoms with Crippen LogP contribution in [0, 0.1) is 0 Å². The third-order valence-electron chi connectivity index (χ3n) is 5.78. The Morgan fingerprint density at radius 1 is 1.00 bits per heavy atom. The van der Waals surface area contributed by atoms with Crippen molar-refractivity contribution in [2.75, 3.05) is 13.1 Å². The summed E-state index contributed by atoms with van der Waals surface area (Å²) in [5.74, 6) is -0.0714. The van der Waals surface area contributed by atoms with Crippen LogP contribution >= 0.6 is 0 Å². The zero-order chi connectivity index (χ0) is 23.0. The molecule has 168 valence electrons. The number of fused-ring (bicyclic) bond motifs is 1. The van der Waals surface area contributed by atoms with E-state index in [4.69, 9.17) is 4.98 Å². The maximum Gasteiger partial charge on any atom is 0.252 e. The van der Waals surface area contributed by atoms with Crippen LogP contribution in [0.4, 0.5) is 0 Å². The highest BCUT2D eigenvalue weighted by Crippen LogP contribution is 2.24. The molecule has 0 aliphatic carbocycles. The number of amides is 1. The minimum atomic E-state index is -0.0714. The molecule has 5 nitrogen and oxygen atoms in total. The fourth-order valence-corrected chi connectivity index (χ4v) is 3.94. The van der Waals surface area contributed by atoms with Gasteiger partial charge in [0, 0.05) is 49.0 Å². The average molecular weight is 439 g/mol. The van der Waals surface area contributed by atoms with Crippen LogP contribution in [-0.4, -0.2) is 39.9 Å². The van der Waals surface area contributed by atoms with Crippen molar-refractivity contribution < 1.29 is 4.79 Å². The molecule has 0 radical (unpaired) electrons. The van der Waals surface area contributed by atoms with E-state index in [-0.39, 0.29) is 5.91 Å². The lowest BCUT2D eigenvalue weighted by molar-refractivity contribution is 0.0952. The third-order valence-corrected chi connectivity index (χ3v) is 5.78. The first-order chi connectivity index (χ1) is 16.1. The average Bonchev–Trinajstić information content (AvgIpc) is 2.86. The number of nitrogens with zero attached hydrogens (tertiary/aromatic N) is 3. The molecule has 2 heterocycles. The van der Waals surface area contributed by atoms with Crippen molar-refractivity contribution in [3.63, 3.8) is 0 Å². The Morgan fingerprint density at radius 2 is 1.79 bits per heavy atom. The second-order valence-corrected chi connectivity index (χ2v) is 8.47. The first-order valence-corrected chi connectivity index (χ1v) is 11.5. The molecule has 33 heavy (non-hydrogen) atoms. The number of carbonyl (C=O) groups excluding carboxylic acids is 1. The van der Waals surface area contributed by atoms with Crippen LogP contribution in [0.15, 0.2) is 85.2 Å². The van der Waals surface area contributed by atoms with E-state index in [2.05, 4.69) is 53.3 Å². The summed E-state index contributed by atoms with van der Waals surface area (Å²) in [4.78, 5) is 24.5. The highest BCUT2D eigenvalue weighted by molar-refractivity contribution is 6.07. The molecule has 0 spiro atoms. The predicted octanol–water partition coefficient (Wildman–Crippen LogP) is 5.33. The number of benzene rings is 2. The van der Waals surface area contributed by atoms with E-state index >= 15 is 0 Å². The Morgan fingerprint density at radius 3 is 2.55 bits per heavy atom. The van der Waals surface area contributed by atoms with Gasteiger partial charge in [-0.15, -0.1) is 0 Å². The Balaban J connectivity index is 1.43. The molecular weight excluding hydrogens is 408 g/mol. The standard InChI is InChI=1S/C28H30N4O/c1-21(2)32(20-22-10-4-3-5-11-22)17-9-16-30-28(33)25-18-27(23-12-8-15-29-19-23)31-26-14-7-6-13-24(25)26/h3-8,10-15,18-19,21H,9,16-17,20H2,1-2H3,(H,30,33). The van der Waals surface area contributed by atoms with Crippen molar-refractivity contribution in [3.05, 3.63) is 96.3 Å². The van der Waals surface area contributed by atoms with E-state index in [1.54, 1.807) is 12.4 Å². The molecular formula is C28H30N4O. The van der Waals surface area contributed by atoms with Gasteiger partial charge in [0.25, 0.3) is 5.91 Å². The van der Waals surface area contributed by atoms with Crippen LogP contribution in [0.25, 0.3) is 22.2 Å². The van der Waals surface area contributed by atoms with E-state index < -0.39 is 0 Å². The van der Waals surface area contributed by atoms with Gasteiger partial charge in [0.1, 0.15) is 0 Å². The largest absolute Gasteiger partial charge is 0.352 e. The number of rotatable bonds is 9. The molecule has 0 fully saturated rings. The molecule has 0 bridgehead atoms. The lowest BCUT2D eigenvalue weighted by Crippen LogP contribution is -2.34. The predicted molar refractivity (Wildman–Crippen MR) is 134 cm³/mol. The Kier molecular flexibility index (Phi) is 7.43. The first-order valence-electron chi connectivity index (χ1n) is 11.5. The zero-order valence-corrected chi connectivity index (χ0v) is 19.2. The highest BCUT2D eigenvalue weighted by atomic mass is 16.1. The second kappa shape index (κ2) is 10.8. The minimum Gasteiger partial charge on any atom is -0.352 e. The number of para-hydroxylation sites is 1. The fraction of sp³-hybridized carbons (Fsp3) is 0.250. The molecule has 5 heteroatoms. The van der Waals surface area contributed by atoms with E-state index in [0.717, 1.165) is 41.7 Å². The van der Waals surface area contributed by atoms with Gasteiger partial charge >= 0.3 is 0 Å². The second-order valence-electron chi connectivity index (χ2n) is 8.47. The van der Waals surface area contributed by atoms with Crippen LogP contribution in [0.3, 0.4) is 0 Å². The van der Waals surface area contributed by atoms with Crippen LogP contribution in [0.2, 0.25) is 0 Å². The maximum atomic E-state index is 13.1. The van der Waals surface area contributed by atoms with E-state index in [9.17, 15) is 4.79 Å². The molecule has 4 rings (SSSR count). The van der Waals surface area contributed by atoms with Crippen molar-refractivity contribution in [3.8, 4) is 11.3 Å². The van der Waals surface area contributed by atoms with Gasteiger partial charge in [-0.3, -0.25) is 14.7 Å². The molecule has 0 aliphatic heterocycles. The van der Waals surface area contributed by atoms with Gasteiger partial charge in [0.2, 0.25) is 0 Å². The van der Waals surface area contributed by atoms with Crippen molar-refractivity contribution in [1.29, 1.82) is 0 Å². The molecule has 0 atom stereocenters. The summed E-state index contributed by atoms with van der Waals surface area (Å²) >= 11 is 0. The fourth-order valence-electron chi connectivity index (χ4n) is 3.94.